The van der Waals surface area contributed by atoms with Gasteiger partial charge in [0.1, 0.15) is 16.4 Å². The molecule has 0 aliphatic rings. The minimum absolute atomic E-state index is 0.0661. The van der Waals surface area contributed by atoms with Crippen molar-refractivity contribution >= 4 is 45.4 Å². The fourth-order valence-electron chi connectivity index (χ4n) is 3.31. The molecule has 174 valence electrons. The highest BCUT2D eigenvalue weighted by Crippen LogP contribution is 2.33. The third-order valence-electron chi connectivity index (χ3n) is 5.11. The fraction of sp³-hybridized carbons (Fsp3) is 0.292. The summed E-state index contributed by atoms with van der Waals surface area (Å²) in [6.45, 7) is 2.92. The van der Waals surface area contributed by atoms with E-state index in [2.05, 4.69) is 21.3 Å². The molecule has 0 unspecified atom stereocenters. The smallest absolute Gasteiger partial charge is 0.269 e. The van der Waals surface area contributed by atoms with E-state index in [9.17, 15) is 9.59 Å². The Bertz CT molecular complexity index is 1120. The number of carbonyl (C=O) groups is 2. The highest BCUT2D eigenvalue weighted by Gasteiger charge is 2.18. The number of pyridine rings is 1. The standard InChI is InChI=1S/C24H27ClN4O3S/c1-16-13-18(15-28(2)17-8-9-19(25)21(14-17)32-4)33-24(16)29(3)22(30)10-12-27-23(31)20-7-5-6-11-26-20/h5-9,11,13-14H,10,12,15H2,1-4H3,(H,27,31). The van der Waals surface area contributed by atoms with Crippen LogP contribution in [0.1, 0.15) is 27.3 Å². The molecule has 9 heteroatoms. The molecule has 3 aromatic rings. The van der Waals surface area contributed by atoms with E-state index in [4.69, 9.17) is 16.3 Å². The minimum Gasteiger partial charge on any atom is -0.495 e. The van der Waals surface area contributed by atoms with Gasteiger partial charge in [0.25, 0.3) is 5.91 Å². The zero-order valence-electron chi connectivity index (χ0n) is 19.1. The van der Waals surface area contributed by atoms with Crippen LogP contribution in [-0.2, 0) is 11.3 Å². The van der Waals surface area contributed by atoms with Crippen LogP contribution in [0.4, 0.5) is 10.7 Å². The van der Waals surface area contributed by atoms with Gasteiger partial charge in [-0.15, -0.1) is 11.3 Å². The van der Waals surface area contributed by atoms with Gasteiger partial charge in [-0.2, -0.15) is 0 Å². The average Bonchev–Trinajstić information content (AvgIpc) is 3.18. The molecule has 0 atom stereocenters. The molecule has 1 aromatic carbocycles. The second kappa shape index (κ2) is 11.2. The van der Waals surface area contributed by atoms with Crippen LogP contribution in [0.5, 0.6) is 5.75 Å². The Morgan fingerprint density at radius 1 is 1.18 bits per heavy atom. The molecule has 0 fully saturated rings. The van der Waals surface area contributed by atoms with Crippen LogP contribution >= 0.6 is 22.9 Å². The molecule has 0 spiro atoms. The number of halogens is 1. The van der Waals surface area contributed by atoms with Crippen molar-refractivity contribution in [1.29, 1.82) is 0 Å². The third-order valence-corrected chi connectivity index (χ3v) is 6.72. The van der Waals surface area contributed by atoms with Crippen LogP contribution in [0.15, 0.2) is 48.7 Å². The molecular weight excluding hydrogens is 460 g/mol. The van der Waals surface area contributed by atoms with Crippen LogP contribution in [0.3, 0.4) is 0 Å². The first-order chi connectivity index (χ1) is 15.8. The molecule has 0 bridgehead atoms. The summed E-state index contributed by atoms with van der Waals surface area (Å²) in [6.07, 6.45) is 1.76. The number of anilines is 2. The largest absolute Gasteiger partial charge is 0.495 e. The third kappa shape index (κ3) is 6.24. The number of nitrogens with zero attached hydrogens (tertiary/aromatic N) is 3. The summed E-state index contributed by atoms with van der Waals surface area (Å²) < 4.78 is 5.31. The maximum absolute atomic E-state index is 12.7. The second-order valence-electron chi connectivity index (χ2n) is 7.55. The number of hydrogen-bond acceptors (Lipinski definition) is 6. The number of ether oxygens (including phenoxy) is 1. The molecule has 1 N–H and O–H groups in total. The zero-order chi connectivity index (χ0) is 24.0. The lowest BCUT2D eigenvalue weighted by Crippen LogP contribution is -2.32. The SMILES string of the molecule is COc1cc(N(C)Cc2cc(C)c(N(C)C(=O)CCNC(=O)c3ccccn3)s2)ccc1Cl. The van der Waals surface area contributed by atoms with Crippen LogP contribution < -0.4 is 19.9 Å². The first-order valence-corrected chi connectivity index (χ1v) is 11.6. The van der Waals surface area contributed by atoms with Gasteiger partial charge in [0.05, 0.1) is 18.7 Å². The number of amides is 2. The van der Waals surface area contributed by atoms with Crippen molar-refractivity contribution in [3.8, 4) is 5.75 Å². The summed E-state index contributed by atoms with van der Waals surface area (Å²) in [5, 5.41) is 4.21. The lowest BCUT2D eigenvalue weighted by atomic mass is 10.2. The molecule has 0 radical (unpaired) electrons. The molecular formula is C24H27ClN4O3S. The van der Waals surface area contributed by atoms with Crippen molar-refractivity contribution in [3.63, 3.8) is 0 Å². The summed E-state index contributed by atoms with van der Waals surface area (Å²) in [5.41, 5.74) is 2.35. The van der Waals surface area contributed by atoms with E-state index >= 15 is 0 Å². The number of nitrogens with one attached hydrogen (secondary N) is 1. The lowest BCUT2D eigenvalue weighted by Gasteiger charge is -2.20. The highest BCUT2D eigenvalue weighted by atomic mass is 35.5. The maximum atomic E-state index is 12.7. The molecule has 0 saturated heterocycles. The number of aromatic nitrogens is 1. The van der Waals surface area contributed by atoms with Gasteiger partial charge >= 0.3 is 0 Å². The fourth-order valence-corrected chi connectivity index (χ4v) is 4.71. The summed E-state index contributed by atoms with van der Waals surface area (Å²) in [5.74, 6) is 0.274. The van der Waals surface area contributed by atoms with Crippen molar-refractivity contribution in [2.75, 3.05) is 37.5 Å². The molecule has 3 rings (SSSR count). The number of hydrogen-bond donors (Lipinski definition) is 1. The van der Waals surface area contributed by atoms with Gasteiger partial charge in [0.15, 0.2) is 0 Å². The van der Waals surface area contributed by atoms with E-state index in [1.807, 2.05) is 32.2 Å². The summed E-state index contributed by atoms with van der Waals surface area (Å²) in [4.78, 5) is 33.7. The maximum Gasteiger partial charge on any atom is 0.269 e. The molecule has 0 aliphatic carbocycles. The summed E-state index contributed by atoms with van der Waals surface area (Å²) >= 11 is 7.71. The quantitative estimate of drug-likeness (QED) is 0.481. The Hall–Kier alpha value is -3.10. The number of thiophene rings is 1. The van der Waals surface area contributed by atoms with Gasteiger partial charge in [0, 0.05) is 49.9 Å². The Morgan fingerprint density at radius 3 is 2.67 bits per heavy atom. The molecule has 0 saturated carbocycles. The Balaban J connectivity index is 1.58. The monoisotopic (exact) mass is 486 g/mol. The first-order valence-electron chi connectivity index (χ1n) is 10.4. The van der Waals surface area contributed by atoms with Crippen molar-refractivity contribution in [3.05, 3.63) is 69.8 Å². The Morgan fingerprint density at radius 2 is 1.97 bits per heavy atom. The van der Waals surface area contributed by atoms with E-state index in [1.54, 1.807) is 54.8 Å². The van der Waals surface area contributed by atoms with Gasteiger partial charge in [-0.3, -0.25) is 14.6 Å². The van der Waals surface area contributed by atoms with Crippen molar-refractivity contribution in [2.45, 2.75) is 19.9 Å². The highest BCUT2D eigenvalue weighted by molar-refractivity contribution is 7.16. The molecule has 33 heavy (non-hydrogen) atoms. The van der Waals surface area contributed by atoms with Crippen LogP contribution in [0.25, 0.3) is 0 Å². The number of aryl methyl sites for hydroxylation is 1. The predicted molar refractivity (Wildman–Crippen MR) is 134 cm³/mol. The van der Waals surface area contributed by atoms with Gasteiger partial charge in [-0.05, 0) is 42.8 Å². The van der Waals surface area contributed by atoms with Gasteiger partial charge in [-0.1, -0.05) is 17.7 Å². The summed E-state index contributed by atoms with van der Waals surface area (Å²) in [6, 6.07) is 12.9. The van der Waals surface area contributed by atoms with Crippen molar-refractivity contribution in [1.82, 2.24) is 10.3 Å². The summed E-state index contributed by atoms with van der Waals surface area (Å²) in [7, 11) is 5.35. The number of benzene rings is 1. The van der Waals surface area contributed by atoms with Gasteiger partial charge < -0.3 is 19.9 Å². The molecule has 2 heterocycles. The topological polar surface area (TPSA) is 74.8 Å². The van der Waals surface area contributed by atoms with E-state index in [1.165, 1.54) is 0 Å². The number of carbonyl (C=O) groups excluding carboxylic acids is 2. The van der Waals surface area contributed by atoms with E-state index in [0.29, 0.717) is 23.0 Å². The number of rotatable bonds is 9. The van der Waals surface area contributed by atoms with E-state index in [-0.39, 0.29) is 24.8 Å². The first kappa shape index (κ1) is 24.5. The zero-order valence-corrected chi connectivity index (χ0v) is 20.7. The average molecular weight is 487 g/mol. The van der Waals surface area contributed by atoms with Crippen LogP contribution in [0.2, 0.25) is 5.02 Å². The molecule has 2 aromatic heterocycles. The predicted octanol–water partition coefficient (Wildman–Crippen LogP) is 4.53. The van der Waals surface area contributed by atoms with Crippen LogP contribution in [0, 0.1) is 6.92 Å². The molecule has 7 nitrogen and oxygen atoms in total. The van der Waals surface area contributed by atoms with E-state index < -0.39 is 0 Å². The van der Waals surface area contributed by atoms with Crippen molar-refractivity contribution in [2.24, 2.45) is 0 Å². The van der Waals surface area contributed by atoms with Crippen LogP contribution in [-0.4, -0.2) is 44.5 Å². The number of methoxy groups -OCH3 is 1. The Labute approximate surface area is 202 Å². The van der Waals surface area contributed by atoms with Crippen molar-refractivity contribution < 1.29 is 14.3 Å². The minimum atomic E-state index is -0.289. The molecule has 0 aliphatic heterocycles. The lowest BCUT2D eigenvalue weighted by molar-refractivity contribution is -0.118. The van der Waals surface area contributed by atoms with E-state index in [0.717, 1.165) is 21.1 Å². The van der Waals surface area contributed by atoms with Gasteiger partial charge in [0.2, 0.25) is 5.91 Å². The Kier molecular flexibility index (Phi) is 8.30. The second-order valence-corrected chi connectivity index (χ2v) is 9.07. The normalized spacial score (nSPS) is 10.6. The van der Waals surface area contributed by atoms with Gasteiger partial charge in [-0.25, -0.2) is 0 Å². The molecule has 2 amide bonds.